The molecule has 1 aliphatic heterocycles. The number of carbonyl (C=O) groups is 1. The fraction of sp³-hybridized carbons (Fsp3) is 0.565. The Kier molecular flexibility index (Phi) is 6.96. The van der Waals surface area contributed by atoms with Gasteiger partial charge in [0.15, 0.2) is 0 Å². The van der Waals surface area contributed by atoms with E-state index in [9.17, 15) is 9.59 Å². The van der Waals surface area contributed by atoms with Crippen molar-refractivity contribution in [3.05, 3.63) is 46.5 Å². The predicted molar refractivity (Wildman–Crippen MR) is 117 cm³/mol. The van der Waals surface area contributed by atoms with Crippen LogP contribution in [0.4, 0.5) is 0 Å². The van der Waals surface area contributed by atoms with Crippen molar-refractivity contribution in [2.75, 3.05) is 13.1 Å². The molecule has 1 aromatic carbocycles. The molecule has 1 amide bonds. The standard InChI is InChI=1S/C23H34N4O2/c1-5-10-19(11-6-2)27-21(18-12-8-7-9-13-18)20(25-23(27)29)22(28)26-14-16(3)24-17(4)15-26/h7-9,12-13,16-17,19,24H,5-6,10-11,14-15H2,1-4H3,(H,25,29). The van der Waals surface area contributed by atoms with Gasteiger partial charge in [0.05, 0.1) is 5.69 Å². The normalized spacial score (nSPS) is 19.7. The molecule has 1 aliphatic rings. The van der Waals surface area contributed by atoms with Gasteiger partial charge >= 0.3 is 5.69 Å². The minimum atomic E-state index is -0.185. The molecule has 0 saturated carbocycles. The molecule has 1 aromatic heterocycles. The molecule has 2 N–H and O–H groups in total. The molecular formula is C23H34N4O2. The van der Waals surface area contributed by atoms with Gasteiger partial charge in [0.25, 0.3) is 5.91 Å². The molecule has 0 aliphatic carbocycles. The molecule has 1 fully saturated rings. The van der Waals surface area contributed by atoms with Crippen LogP contribution in [0, 0.1) is 0 Å². The maximum Gasteiger partial charge on any atom is 0.326 e. The third-order valence-electron chi connectivity index (χ3n) is 5.64. The van der Waals surface area contributed by atoms with Crippen LogP contribution in [0.2, 0.25) is 0 Å². The lowest BCUT2D eigenvalue weighted by atomic mass is 10.0. The molecule has 6 nitrogen and oxygen atoms in total. The first-order valence-electron chi connectivity index (χ1n) is 10.9. The number of hydrogen-bond acceptors (Lipinski definition) is 3. The van der Waals surface area contributed by atoms with E-state index in [0.717, 1.165) is 36.9 Å². The number of imidazole rings is 1. The van der Waals surface area contributed by atoms with E-state index in [1.807, 2.05) is 39.8 Å². The molecule has 0 spiro atoms. The summed E-state index contributed by atoms with van der Waals surface area (Å²) in [4.78, 5) is 31.4. The third kappa shape index (κ3) is 4.64. The zero-order valence-electron chi connectivity index (χ0n) is 18.1. The van der Waals surface area contributed by atoms with Crippen LogP contribution in [0.3, 0.4) is 0 Å². The summed E-state index contributed by atoms with van der Waals surface area (Å²) in [6, 6.07) is 10.4. The maximum absolute atomic E-state index is 13.5. The van der Waals surface area contributed by atoms with Gasteiger partial charge in [-0.3, -0.25) is 9.36 Å². The molecule has 1 saturated heterocycles. The quantitative estimate of drug-likeness (QED) is 0.745. The number of nitrogens with zero attached hydrogens (tertiary/aromatic N) is 2. The lowest BCUT2D eigenvalue weighted by molar-refractivity contribution is 0.0669. The van der Waals surface area contributed by atoms with E-state index in [4.69, 9.17) is 0 Å². The molecular weight excluding hydrogens is 364 g/mol. The molecule has 6 heteroatoms. The van der Waals surface area contributed by atoms with Crippen molar-refractivity contribution < 1.29 is 4.79 Å². The summed E-state index contributed by atoms with van der Waals surface area (Å²) in [7, 11) is 0. The van der Waals surface area contributed by atoms with Crippen molar-refractivity contribution >= 4 is 5.91 Å². The Morgan fingerprint density at radius 1 is 1.07 bits per heavy atom. The van der Waals surface area contributed by atoms with E-state index in [1.54, 1.807) is 0 Å². The van der Waals surface area contributed by atoms with Crippen LogP contribution in [0.15, 0.2) is 35.1 Å². The van der Waals surface area contributed by atoms with Crippen molar-refractivity contribution in [1.29, 1.82) is 0 Å². The monoisotopic (exact) mass is 398 g/mol. The smallest absolute Gasteiger partial charge is 0.326 e. The summed E-state index contributed by atoms with van der Waals surface area (Å²) in [5, 5.41) is 3.46. The molecule has 0 radical (unpaired) electrons. The summed E-state index contributed by atoms with van der Waals surface area (Å²) in [6.45, 7) is 9.72. The van der Waals surface area contributed by atoms with Gasteiger partial charge < -0.3 is 15.2 Å². The summed E-state index contributed by atoms with van der Waals surface area (Å²) in [5.74, 6) is -0.0911. The molecule has 2 aromatic rings. The Balaban J connectivity index is 2.11. The van der Waals surface area contributed by atoms with Gasteiger partial charge in [0.2, 0.25) is 0 Å². The topological polar surface area (TPSA) is 70.1 Å². The Bertz CT molecular complexity index is 855. The van der Waals surface area contributed by atoms with Gasteiger partial charge in [-0.05, 0) is 26.7 Å². The zero-order valence-corrected chi connectivity index (χ0v) is 18.1. The average molecular weight is 399 g/mol. The highest BCUT2D eigenvalue weighted by molar-refractivity contribution is 5.98. The average Bonchev–Trinajstić information content (AvgIpc) is 3.04. The van der Waals surface area contributed by atoms with E-state index < -0.39 is 0 Å². The molecule has 158 valence electrons. The van der Waals surface area contributed by atoms with Crippen LogP contribution in [0.25, 0.3) is 11.3 Å². The van der Waals surface area contributed by atoms with Crippen LogP contribution < -0.4 is 11.0 Å². The molecule has 3 rings (SSSR count). The van der Waals surface area contributed by atoms with Crippen molar-refractivity contribution in [1.82, 2.24) is 19.8 Å². The SMILES string of the molecule is CCCC(CCC)n1c(-c2ccccc2)c(C(=O)N2CC(C)NC(C)C2)[nH]c1=O. The fourth-order valence-electron chi connectivity index (χ4n) is 4.55. The lowest BCUT2D eigenvalue weighted by Gasteiger charge is -2.36. The first-order valence-corrected chi connectivity index (χ1v) is 10.9. The second-order valence-electron chi connectivity index (χ2n) is 8.30. The van der Waals surface area contributed by atoms with Crippen LogP contribution >= 0.6 is 0 Å². The summed E-state index contributed by atoms with van der Waals surface area (Å²) in [6.07, 6.45) is 3.82. The molecule has 2 heterocycles. The first kappa shape index (κ1) is 21.4. The number of piperazine rings is 1. The number of amides is 1. The van der Waals surface area contributed by atoms with E-state index in [0.29, 0.717) is 18.8 Å². The second-order valence-corrected chi connectivity index (χ2v) is 8.30. The fourth-order valence-corrected chi connectivity index (χ4v) is 4.55. The van der Waals surface area contributed by atoms with E-state index >= 15 is 0 Å². The first-order chi connectivity index (χ1) is 14.0. The van der Waals surface area contributed by atoms with Gasteiger partial charge in [0.1, 0.15) is 5.69 Å². The highest BCUT2D eigenvalue weighted by atomic mass is 16.2. The number of rotatable bonds is 7. The van der Waals surface area contributed by atoms with E-state index in [2.05, 4.69) is 38.0 Å². The number of benzene rings is 1. The third-order valence-corrected chi connectivity index (χ3v) is 5.64. The number of nitrogens with one attached hydrogen (secondary N) is 2. The number of hydrogen-bond donors (Lipinski definition) is 2. The number of aromatic nitrogens is 2. The number of H-pyrrole nitrogens is 1. The highest BCUT2D eigenvalue weighted by Crippen LogP contribution is 2.29. The van der Waals surface area contributed by atoms with Gasteiger partial charge in [0, 0.05) is 36.8 Å². The van der Waals surface area contributed by atoms with Crippen molar-refractivity contribution in [3.63, 3.8) is 0 Å². The Hall–Kier alpha value is -2.34. The van der Waals surface area contributed by atoms with Crippen molar-refractivity contribution in [2.24, 2.45) is 0 Å². The van der Waals surface area contributed by atoms with Crippen molar-refractivity contribution in [3.8, 4) is 11.3 Å². The molecule has 29 heavy (non-hydrogen) atoms. The predicted octanol–water partition coefficient (Wildman–Crippen LogP) is 3.81. The van der Waals surface area contributed by atoms with Crippen LogP contribution in [-0.2, 0) is 0 Å². The molecule has 0 bridgehead atoms. The minimum absolute atomic E-state index is 0.0892. The summed E-state index contributed by atoms with van der Waals surface area (Å²) < 4.78 is 1.84. The van der Waals surface area contributed by atoms with E-state index in [-0.39, 0.29) is 29.7 Å². The van der Waals surface area contributed by atoms with Gasteiger partial charge in [-0.15, -0.1) is 0 Å². The van der Waals surface area contributed by atoms with Gasteiger partial charge in [-0.2, -0.15) is 0 Å². The largest absolute Gasteiger partial charge is 0.334 e. The molecule has 2 atom stereocenters. The Morgan fingerprint density at radius 2 is 1.66 bits per heavy atom. The second kappa shape index (κ2) is 9.44. The van der Waals surface area contributed by atoms with Crippen LogP contribution in [0.1, 0.15) is 69.9 Å². The summed E-state index contributed by atoms with van der Waals surface area (Å²) in [5.41, 5.74) is 1.86. The van der Waals surface area contributed by atoms with E-state index in [1.165, 1.54) is 0 Å². The minimum Gasteiger partial charge on any atom is -0.334 e. The number of aromatic amines is 1. The van der Waals surface area contributed by atoms with Gasteiger partial charge in [-0.1, -0.05) is 57.0 Å². The van der Waals surface area contributed by atoms with Gasteiger partial charge in [-0.25, -0.2) is 4.79 Å². The lowest BCUT2D eigenvalue weighted by Crippen LogP contribution is -2.56. The zero-order chi connectivity index (χ0) is 21.0. The highest BCUT2D eigenvalue weighted by Gasteiger charge is 2.31. The van der Waals surface area contributed by atoms with Crippen LogP contribution in [-0.4, -0.2) is 45.5 Å². The summed E-state index contributed by atoms with van der Waals surface area (Å²) >= 11 is 0. The molecule has 2 unspecified atom stereocenters. The Labute approximate surface area is 173 Å². The van der Waals surface area contributed by atoms with Crippen molar-refractivity contribution in [2.45, 2.75) is 71.5 Å². The number of carbonyl (C=O) groups excluding carboxylic acids is 1. The Morgan fingerprint density at radius 3 is 2.21 bits per heavy atom. The maximum atomic E-state index is 13.5. The van der Waals surface area contributed by atoms with Crippen LogP contribution in [0.5, 0.6) is 0 Å².